The second-order valence-electron chi connectivity index (χ2n) is 7.12. The first kappa shape index (κ1) is 18.6. The molecule has 1 amide bonds. The van der Waals surface area contributed by atoms with Crippen LogP contribution in [0.4, 0.5) is 8.78 Å². The summed E-state index contributed by atoms with van der Waals surface area (Å²) in [5.74, 6) is -1.95. The van der Waals surface area contributed by atoms with E-state index in [9.17, 15) is 13.6 Å². The fourth-order valence-electron chi connectivity index (χ4n) is 2.52. The van der Waals surface area contributed by atoms with E-state index in [1.165, 1.54) is 10.7 Å². The number of hydrogen-bond acceptors (Lipinski definition) is 4. The Hall–Kier alpha value is -3.16. The van der Waals surface area contributed by atoms with Gasteiger partial charge in [0, 0.05) is 11.6 Å². The first-order chi connectivity index (χ1) is 12.8. The molecule has 0 fully saturated rings. The summed E-state index contributed by atoms with van der Waals surface area (Å²) in [6.45, 7) is 6.33. The first-order valence-electron chi connectivity index (χ1n) is 8.37. The first-order valence-corrected chi connectivity index (χ1v) is 8.37. The molecule has 140 valence electrons. The molecule has 1 N–H and O–H groups in total. The molecule has 2 aromatic carbocycles. The molecular formula is C19H19F2N5O. The van der Waals surface area contributed by atoms with Gasteiger partial charge in [0.15, 0.2) is 17.5 Å². The van der Waals surface area contributed by atoms with E-state index in [-0.39, 0.29) is 23.6 Å². The van der Waals surface area contributed by atoms with Crippen LogP contribution >= 0.6 is 0 Å². The van der Waals surface area contributed by atoms with Crippen molar-refractivity contribution in [1.82, 2.24) is 25.5 Å². The highest BCUT2D eigenvalue weighted by Crippen LogP contribution is 2.22. The molecule has 0 atom stereocenters. The summed E-state index contributed by atoms with van der Waals surface area (Å²) >= 11 is 0. The van der Waals surface area contributed by atoms with Crippen LogP contribution < -0.4 is 5.32 Å². The van der Waals surface area contributed by atoms with E-state index in [1.807, 2.05) is 12.1 Å². The average molecular weight is 371 g/mol. The molecule has 0 saturated carbocycles. The number of benzene rings is 2. The van der Waals surface area contributed by atoms with Gasteiger partial charge in [-0.25, -0.2) is 8.78 Å². The van der Waals surface area contributed by atoms with Crippen molar-refractivity contribution < 1.29 is 13.6 Å². The summed E-state index contributed by atoms with van der Waals surface area (Å²) in [5, 5.41) is 13.9. The molecular weight excluding hydrogens is 352 g/mol. The van der Waals surface area contributed by atoms with E-state index in [0.717, 1.165) is 17.7 Å². The predicted molar refractivity (Wildman–Crippen MR) is 95.4 cm³/mol. The number of carbonyl (C=O) groups excluding carboxylic acids is 1. The van der Waals surface area contributed by atoms with Gasteiger partial charge in [0.25, 0.3) is 5.91 Å². The molecule has 27 heavy (non-hydrogen) atoms. The maximum absolute atomic E-state index is 13.4. The SMILES string of the molecule is CC(C)(C)c1ccc(C(=O)NCc2nnnn2-c2ccc(F)c(F)c2)cc1. The quantitative estimate of drug-likeness (QED) is 0.765. The van der Waals surface area contributed by atoms with Gasteiger partial charge in [0.05, 0.1) is 12.2 Å². The van der Waals surface area contributed by atoms with Gasteiger partial charge in [-0.05, 0) is 45.7 Å². The Kier molecular flexibility index (Phi) is 4.98. The number of rotatable bonds is 4. The fourth-order valence-corrected chi connectivity index (χ4v) is 2.52. The van der Waals surface area contributed by atoms with E-state index in [4.69, 9.17) is 0 Å². The molecule has 0 aliphatic carbocycles. The standard InChI is InChI=1S/C19H19F2N5O/c1-19(2,3)13-6-4-12(5-7-13)18(27)22-11-17-23-24-25-26(17)14-8-9-15(20)16(21)10-14/h4-10H,11H2,1-3H3,(H,22,27). The molecule has 0 saturated heterocycles. The molecule has 8 heteroatoms. The van der Waals surface area contributed by atoms with Crippen molar-refractivity contribution in [2.24, 2.45) is 0 Å². The van der Waals surface area contributed by atoms with E-state index in [1.54, 1.807) is 12.1 Å². The van der Waals surface area contributed by atoms with Gasteiger partial charge in [0.2, 0.25) is 0 Å². The largest absolute Gasteiger partial charge is 0.345 e. The minimum atomic E-state index is -1.00. The molecule has 3 rings (SSSR count). The van der Waals surface area contributed by atoms with Crippen molar-refractivity contribution in [2.75, 3.05) is 0 Å². The highest BCUT2D eigenvalue weighted by Gasteiger charge is 2.15. The number of nitrogens with zero attached hydrogens (tertiary/aromatic N) is 4. The highest BCUT2D eigenvalue weighted by atomic mass is 19.2. The zero-order valence-electron chi connectivity index (χ0n) is 15.2. The summed E-state index contributed by atoms with van der Waals surface area (Å²) in [5.41, 5.74) is 1.90. The van der Waals surface area contributed by atoms with Crippen LogP contribution in [-0.4, -0.2) is 26.1 Å². The summed E-state index contributed by atoms with van der Waals surface area (Å²) in [4.78, 5) is 12.3. The van der Waals surface area contributed by atoms with Crippen LogP contribution in [0.2, 0.25) is 0 Å². The number of nitrogens with one attached hydrogen (secondary N) is 1. The van der Waals surface area contributed by atoms with Crippen LogP contribution in [0.3, 0.4) is 0 Å². The van der Waals surface area contributed by atoms with Gasteiger partial charge < -0.3 is 5.32 Å². The lowest BCUT2D eigenvalue weighted by atomic mass is 9.87. The Morgan fingerprint density at radius 1 is 1.07 bits per heavy atom. The second-order valence-corrected chi connectivity index (χ2v) is 7.12. The molecule has 0 radical (unpaired) electrons. The fraction of sp³-hybridized carbons (Fsp3) is 0.263. The zero-order chi connectivity index (χ0) is 19.6. The van der Waals surface area contributed by atoms with E-state index < -0.39 is 11.6 Å². The minimum Gasteiger partial charge on any atom is -0.345 e. The van der Waals surface area contributed by atoms with Gasteiger partial charge >= 0.3 is 0 Å². The summed E-state index contributed by atoms with van der Waals surface area (Å²) < 4.78 is 27.8. The van der Waals surface area contributed by atoms with Gasteiger partial charge in [-0.15, -0.1) is 5.10 Å². The van der Waals surface area contributed by atoms with Crippen molar-refractivity contribution in [3.8, 4) is 5.69 Å². The molecule has 0 aliphatic heterocycles. The second kappa shape index (κ2) is 7.22. The summed E-state index contributed by atoms with van der Waals surface area (Å²) in [7, 11) is 0. The Labute approximate surface area is 155 Å². The van der Waals surface area contributed by atoms with E-state index in [2.05, 4.69) is 41.6 Å². The van der Waals surface area contributed by atoms with Crippen molar-refractivity contribution in [3.05, 3.63) is 71.1 Å². The maximum Gasteiger partial charge on any atom is 0.251 e. The number of halogens is 2. The predicted octanol–water partition coefficient (Wildman–Crippen LogP) is 3.17. The summed E-state index contributed by atoms with van der Waals surface area (Å²) in [6, 6.07) is 10.7. The molecule has 6 nitrogen and oxygen atoms in total. The van der Waals surface area contributed by atoms with Crippen LogP contribution in [0.1, 0.15) is 42.5 Å². The minimum absolute atomic E-state index is 0.00151. The highest BCUT2D eigenvalue weighted by molar-refractivity contribution is 5.94. The Balaban J connectivity index is 1.71. The van der Waals surface area contributed by atoms with Crippen molar-refractivity contribution >= 4 is 5.91 Å². The Morgan fingerprint density at radius 3 is 2.41 bits per heavy atom. The van der Waals surface area contributed by atoms with Crippen molar-refractivity contribution in [2.45, 2.75) is 32.7 Å². The van der Waals surface area contributed by atoms with Crippen molar-refractivity contribution in [3.63, 3.8) is 0 Å². The third-order valence-corrected chi connectivity index (χ3v) is 4.10. The normalized spacial score (nSPS) is 11.4. The van der Waals surface area contributed by atoms with Gasteiger partial charge in [0.1, 0.15) is 0 Å². The maximum atomic E-state index is 13.4. The smallest absolute Gasteiger partial charge is 0.251 e. The number of hydrogen-bond donors (Lipinski definition) is 1. The molecule has 1 aromatic heterocycles. The molecule has 0 unspecified atom stereocenters. The number of tetrazole rings is 1. The lowest BCUT2D eigenvalue weighted by molar-refractivity contribution is 0.0949. The third kappa shape index (κ3) is 4.16. The topological polar surface area (TPSA) is 72.7 Å². The van der Waals surface area contributed by atoms with Crippen LogP contribution in [0, 0.1) is 11.6 Å². The number of carbonyl (C=O) groups is 1. The van der Waals surface area contributed by atoms with Gasteiger partial charge in [-0.2, -0.15) is 4.68 Å². The zero-order valence-corrected chi connectivity index (χ0v) is 15.2. The molecule has 0 spiro atoms. The Morgan fingerprint density at radius 2 is 1.78 bits per heavy atom. The van der Waals surface area contributed by atoms with Crippen molar-refractivity contribution in [1.29, 1.82) is 0 Å². The number of aromatic nitrogens is 4. The van der Waals surface area contributed by atoms with Crippen LogP contribution in [0.15, 0.2) is 42.5 Å². The van der Waals surface area contributed by atoms with E-state index >= 15 is 0 Å². The van der Waals surface area contributed by atoms with Crippen LogP contribution in [-0.2, 0) is 12.0 Å². The lowest BCUT2D eigenvalue weighted by Crippen LogP contribution is -2.25. The van der Waals surface area contributed by atoms with Gasteiger partial charge in [-0.3, -0.25) is 4.79 Å². The van der Waals surface area contributed by atoms with E-state index in [0.29, 0.717) is 11.4 Å². The molecule has 1 heterocycles. The Bertz CT molecular complexity index is 961. The average Bonchev–Trinajstić information content (AvgIpc) is 3.10. The molecule has 3 aromatic rings. The summed E-state index contributed by atoms with van der Waals surface area (Å²) in [6.07, 6.45) is 0. The molecule has 0 aliphatic rings. The number of amides is 1. The molecule has 0 bridgehead atoms. The van der Waals surface area contributed by atoms with Crippen LogP contribution in [0.25, 0.3) is 5.69 Å². The van der Waals surface area contributed by atoms with Crippen LogP contribution in [0.5, 0.6) is 0 Å². The monoisotopic (exact) mass is 371 g/mol. The third-order valence-electron chi connectivity index (χ3n) is 4.10. The lowest BCUT2D eigenvalue weighted by Gasteiger charge is -2.19. The van der Waals surface area contributed by atoms with Gasteiger partial charge in [-0.1, -0.05) is 32.9 Å².